The summed E-state index contributed by atoms with van der Waals surface area (Å²) in [7, 11) is -4.78. The SMILES string of the molecule is CCCCC/C=C\C=C\C(=O)CCCCCCCC(=O)O[C@H](COC(=O)CCCCCCCCCCCCCCC)COP(=O)(O)O. The molecule has 0 aliphatic heterocycles. The lowest BCUT2D eigenvalue weighted by Crippen LogP contribution is -2.29. The van der Waals surface area contributed by atoms with Crippen molar-refractivity contribution in [3.05, 3.63) is 24.3 Å². The van der Waals surface area contributed by atoms with Crippen molar-refractivity contribution in [1.29, 1.82) is 0 Å². The summed E-state index contributed by atoms with van der Waals surface area (Å²) in [6, 6.07) is 0. The summed E-state index contributed by atoms with van der Waals surface area (Å²) in [6.07, 6.45) is 31.5. The fraction of sp³-hybridized carbons (Fsp3) is 0.811. The molecule has 0 aliphatic carbocycles. The van der Waals surface area contributed by atoms with Gasteiger partial charge in [-0.3, -0.25) is 18.9 Å². The lowest BCUT2D eigenvalue weighted by molar-refractivity contribution is -0.161. The van der Waals surface area contributed by atoms with Gasteiger partial charge < -0.3 is 19.3 Å². The van der Waals surface area contributed by atoms with Gasteiger partial charge >= 0.3 is 19.8 Å². The first-order valence-corrected chi connectivity index (χ1v) is 20.1. The van der Waals surface area contributed by atoms with Gasteiger partial charge in [0.25, 0.3) is 0 Å². The van der Waals surface area contributed by atoms with Crippen molar-refractivity contribution in [2.75, 3.05) is 13.2 Å². The number of allylic oxidation sites excluding steroid dienone is 4. The number of carbonyl (C=O) groups excluding carboxylic acids is 3. The zero-order valence-corrected chi connectivity index (χ0v) is 30.6. The first-order chi connectivity index (χ1) is 22.7. The van der Waals surface area contributed by atoms with Gasteiger partial charge in [0, 0.05) is 19.3 Å². The van der Waals surface area contributed by atoms with Gasteiger partial charge in [-0.15, -0.1) is 0 Å². The fourth-order valence-corrected chi connectivity index (χ4v) is 5.48. The molecule has 9 nitrogen and oxygen atoms in total. The first kappa shape index (κ1) is 45.2. The molecule has 0 aromatic rings. The van der Waals surface area contributed by atoms with E-state index in [-0.39, 0.29) is 25.2 Å². The molecule has 0 aromatic heterocycles. The topological polar surface area (TPSA) is 136 Å². The first-order valence-electron chi connectivity index (χ1n) is 18.6. The number of unbranched alkanes of at least 4 members (excludes halogenated alkanes) is 19. The zero-order valence-electron chi connectivity index (χ0n) is 29.7. The number of hydrogen-bond acceptors (Lipinski definition) is 7. The summed E-state index contributed by atoms with van der Waals surface area (Å²) >= 11 is 0. The molecular formula is C37H67O9P. The van der Waals surface area contributed by atoms with Crippen LogP contribution in [0.25, 0.3) is 0 Å². The summed E-state index contributed by atoms with van der Waals surface area (Å²) in [5.74, 6) is -0.863. The number of hydrogen-bond donors (Lipinski definition) is 2. The third-order valence-corrected chi connectivity index (χ3v) is 8.43. The molecule has 0 unspecified atom stereocenters. The Labute approximate surface area is 285 Å². The van der Waals surface area contributed by atoms with Gasteiger partial charge in [-0.05, 0) is 38.2 Å². The van der Waals surface area contributed by atoms with Crippen LogP contribution in [-0.2, 0) is 32.9 Å². The number of carbonyl (C=O) groups is 3. The van der Waals surface area contributed by atoms with E-state index in [1.807, 2.05) is 6.08 Å². The highest BCUT2D eigenvalue weighted by Gasteiger charge is 2.22. The molecule has 10 heteroatoms. The smallest absolute Gasteiger partial charge is 0.462 e. The Morgan fingerprint density at radius 2 is 1.06 bits per heavy atom. The number of phosphoric acid groups is 1. The summed E-state index contributed by atoms with van der Waals surface area (Å²) in [6.45, 7) is 3.52. The third kappa shape index (κ3) is 35.3. The van der Waals surface area contributed by atoms with Crippen LogP contribution in [-0.4, -0.2) is 46.8 Å². The van der Waals surface area contributed by atoms with Crippen LogP contribution in [0.4, 0.5) is 0 Å². The largest absolute Gasteiger partial charge is 0.469 e. The summed E-state index contributed by atoms with van der Waals surface area (Å²) in [4.78, 5) is 54.6. The van der Waals surface area contributed by atoms with Crippen molar-refractivity contribution < 1.29 is 42.7 Å². The molecule has 2 N–H and O–H groups in total. The molecule has 0 amide bonds. The Morgan fingerprint density at radius 3 is 1.60 bits per heavy atom. The minimum Gasteiger partial charge on any atom is -0.462 e. The van der Waals surface area contributed by atoms with E-state index < -0.39 is 32.5 Å². The zero-order chi connectivity index (χ0) is 34.9. The van der Waals surface area contributed by atoms with E-state index in [4.69, 9.17) is 19.3 Å². The summed E-state index contributed by atoms with van der Waals surface area (Å²) < 4.78 is 26.2. The van der Waals surface area contributed by atoms with Crippen molar-refractivity contribution in [3.63, 3.8) is 0 Å². The Kier molecular flexibility index (Phi) is 31.5. The molecular weight excluding hydrogens is 619 g/mol. The third-order valence-electron chi connectivity index (χ3n) is 7.95. The van der Waals surface area contributed by atoms with Crippen molar-refractivity contribution in [3.8, 4) is 0 Å². The van der Waals surface area contributed by atoms with Crippen LogP contribution < -0.4 is 0 Å². The summed E-state index contributed by atoms with van der Waals surface area (Å²) in [5, 5.41) is 0. The lowest BCUT2D eigenvalue weighted by Gasteiger charge is -2.18. The quantitative estimate of drug-likeness (QED) is 0.0223. The van der Waals surface area contributed by atoms with Crippen molar-refractivity contribution in [2.24, 2.45) is 0 Å². The number of ketones is 1. The molecule has 0 saturated carbocycles. The molecule has 0 aromatic carbocycles. The highest BCUT2D eigenvalue weighted by Crippen LogP contribution is 2.36. The molecule has 0 saturated heterocycles. The van der Waals surface area contributed by atoms with E-state index in [1.54, 1.807) is 12.2 Å². The number of rotatable bonds is 34. The van der Waals surface area contributed by atoms with Gasteiger partial charge in [-0.2, -0.15) is 0 Å². The maximum absolute atomic E-state index is 12.3. The molecule has 1 atom stereocenters. The Morgan fingerprint density at radius 1 is 0.596 bits per heavy atom. The molecule has 0 fully saturated rings. The Bertz CT molecular complexity index is 881. The number of ether oxygens (including phenoxy) is 2. The number of esters is 2. The molecule has 0 radical (unpaired) electrons. The second kappa shape index (κ2) is 32.7. The van der Waals surface area contributed by atoms with E-state index in [0.717, 1.165) is 51.4 Å². The van der Waals surface area contributed by atoms with Crippen LogP contribution in [0.2, 0.25) is 0 Å². The second-order valence-electron chi connectivity index (χ2n) is 12.6. The van der Waals surface area contributed by atoms with Crippen LogP contribution in [0.1, 0.15) is 174 Å². The Balaban J connectivity index is 4.06. The van der Waals surface area contributed by atoms with E-state index >= 15 is 0 Å². The van der Waals surface area contributed by atoms with E-state index in [2.05, 4.69) is 24.4 Å². The van der Waals surface area contributed by atoms with Gasteiger partial charge in [0.15, 0.2) is 11.9 Å². The molecule has 0 spiro atoms. The normalized spacial score (nSPS) is 12.6. The molecule has 47 heavy (non-hydrogen) atoms. The van der Waals surface area contributed by atoms with Crippen LogP contribution in [0.3, 0.4) is 0 Å². The minimum absolute atomic E-state index is 0.111. The van der Waals surface area contributed by atoms with Gasteiger partial charge in [-0.1, -0.05) is 141 Å². The van der Waals surface area contributed by atoms with Crippen LogP contribution >= 0.6 is 7.82 Å². The molecule has 274 valence electrons. The average molecular weight is 687 g/mol. The highest BCUT2D eigenvalue weighted by atomic mass is 31.2. The maximum atomic E-state index is 12.3. The molecule has 0 aliphatic rings. The van der Waals surface area contributed by atoms with Gasteiger partial charge in [-0.25, -0.2) is 4.57 Å². The Hall–Kier alpha value is -1.80. The standard InChI is InChI=1S/C37H67O9P/c1-3-5-7-9-11-12-13-14-15-16-18-22-26-30-36(39)44-32-35(33-45-47(41,42)43)46-37(40)31-27-23-19-21-25-29-34(38)28-24-20-17-10-8-6-4-2/h17,20,24,28,35H,3-16,18-19,21-23,25-27,29-33H2,1-2H3,(H2,41,42,43)/b20-17-,28-24+/t35-/m1/s1. The molecule has 0 rings (SSSR count). The second-order valence-corrected chi connectivity index (χ2v) is 13.8. The summed E-state index contributed by atoms with van der Waals surface area (Å²) in [5.41, 5.74) is 0. The monoisotopic (exact) mass is 686 g/mol. The predicted molar refractivity (Wildman–Crippen MR) is 189 cm³/mol. The van der Waals surface area contributed by atoms with Crippen LogP contribution in [0.15, 0.2) is 24.3 Å². The molecule has 0 heterocycles. The highest BCUT2D eigenvalue weighted by molar-refractivity contribution is 7.46. The average Bonchev–Trinajstić information content (AvgIpc) is 3.03. The van der Waals surface area contributed by atoms with E-state index in [0.29, 0.717) is 19.3 Å². The predicted octanol–water partition coefficient (Wildman–Crippen LogP) is 10.0. The number of phosphoric ester groups is 1. The molecule has 0 bridgehead atoms. The van der Waals surface area contributed by atoms with Crippen LogP contribution in [0, 0.1) is 0 Å². The maximum Gasteiger partial charge on any atom is 0.469 e. The van der Waals surface area contributed by atoms with Crippen molar-refractivity contribution >= 4 is 25.5 Å². The fourth-order valence-electron chi connectivity index (χ4n) is 5.12. The van der Waals surface area contributed by atoms with E-state index in [1.165, 1.54) is 77.0 Å². The van der Waals surface area contributed by atoms with Gasteiger partial charge in [0.2, 0.25) is 0 Å². The lowest BCUT2D eigenvalue weighted by atomic mass is 10.0. The van der Waals surface area contributed by atoms with E-state index in [9.17, 15) is 18.9 Å². The van der Waals surface area contributed by atoms with Crippen molar-refractivity contribution in [1.82, 2.24) is 0 Å². The minimum atomic E-state index is -4.78. The van der Waals surface area contributed by atoms with Gasteiger partial charge in [0.1, 0.15) is 6.61 Å². The van der Waals surface area contributed by atoms with Gasteiger partial charge in [0.05, 0.1) is 6.61 Å². The van der Waals surface area contributed by atoms with Crippen LogP contribution in [0.5, 0.6) is 0 Å². The van der Waals surface area contributed by atoms with Crippen molar-refractivity contribution in [2.45, 2.75) is 180 Å².